The van der Waals surface area contributed by atoms with E-state index in [1.807, 2.05) is 6.20 Å². The summed E-state index contributed by atoms with van der Waals surface area (Å²) in [6, 6.07) is 5.40. The van der Waals surface area contributed by atoms with E-state index in [9.17, 15) is 0 Å². The molecule has 106 valence electrons. The van der Waals surface area contributed by atoms with E-state index in [0.717, 1.165) is 18.8 Å². The lowest BCUT2D eigenvalue weighted by Gasteiger charge is -2.35. The van der Waals surface area contributed by atoms with Crippen LogP contribution in [0.1, 0.15) is 33.1 Å². The van der Waals surface area contributed by atoms with E-state index in [0.29, 0.717) is 12.1 Å². The number of nitrogens with one attached hydrogen (secondary N) is 2. The van der Waals surface area contributed by atoms with Gasteiger partial charge in [-0.3, -0.25) is 0 Å². The van der Waals surface area contributed by atoms with Gasteiger partial charge >= 0.3 is 0 Å². The number of hydrogen-bond acceptors (Lipinski definition) is 4. The molecule has 0 aromatic carbocycles. The Morgan fingerprint density at radius 1 is 1.47 bits per heavy atom. The first-order chi connectivity index (χ1) is 9.19. The molecule has 2 heterocycles. The minimum absolute atomic E-state index is 0.577. The van der Waals surface area contributed by atoms with E-state index < -0.39 is 0 Å². The van der Waals surface area contributed by atoms with Gasteiger partial charge in [-0.2, -0.15) is 0 Å². The number of piperidine rings is 1. The first-order valence-electron chi connectivity index (χ1n) is 7.35. The largest absolute Gasteiger partial charge is 0.382 e. The van der Waals surface area contributed by atoms with E-state index in [2.05, 4.69) is 53.5 Å². The van der Waals surface area contributed by atoms with Gasteiger partial charge in [0, 0.05) is 43.1 Å². The van der Waals surface area contributed by atoms with Gasteiger partial charge in [0.1, 0.15) is 5.82 Å². The van der Waals surface area contributed by atoms with Crippen LogP contribution in [0, 0.1) is 0 Å². The molecule has 0 radical (unpaired) electrons. The highest BCUT2D eigenvalue weighted by Gasteiger charge is 2.22. The van der Waals surface area contributed by atoms with Gasteiger partial charge in [-0.05, 0) is 39.3 Å². The summed E-state index contributed by atoms with van der Waals surface area (Å²) in [6.07, 6.45) is 5.40. The predicted octanol–water partition coefficient (Wildman–Crippen LogP) is 2.80. The summed E-state index contributed by atoms with van der Waals surface area (Å²) >= 11 is 0. The second kappa shape index (κ2) is 6.75. The standard InChI is InChI=1S/C15H26N4/c1-4-7-16-15-11-13(5-8-17-15)18-14-6-9-19(3)12(2)10-14/h5,8,11-12,14H,4,6-7,9-10H2,1-3H3,(H2,16,17,18). The Labute approximate surface area is 116 Å². The molecule has 0 amide bonds. The van der Waals surface area contributed by atoms with Crippen molar-refractivity contribution in [3.05, 3.63) is 18.3 Å². The zero-order chi connectivity index (χ0) is 13.7. The zero-order valence-corrected chi connectivity index (χ0v) is 12.3. The van der Waals surface area contributed by atoms with E-state index in [-0.39, 0.29) is 0 Å². The van der Waals surface area contributed by atoms with E-state index in [1.54, 1.807) is 0 Å². The molecule has 0 aliphatic carbocycles. The molecule has 2 unspecified atom stereocenters. The minimum Gasteiger partial charge on any atom is -0.382 e. The molecule has 1 fully saturated rings. The summed E-state index contributed by atoms with van der Waals surface area (Å²) in [5, 5.41) is 6.97. The van der Waals surface area contributed by atoms with Gasteiger partial charge in [0.15, 0.2) is 0 Å². The van der Waals surface area contributed by atoms with Gasteiger partial charge in [-0.25, -0.2) is 4.98 Å². The maximum atomic E-state index is 4.34. The molecule has 2 atom stereocenters. The van der Waals surface area contributed by atoms with E-state index in [4.69, 9.17) is 0 Å². The first-order valence-corrected chi connectivity index (χ1v) is 7.35. The van der Waals surface area contributed by atoms with Crippen LogP contribution in [-0.2, 0) is 0 Å². The number of aromatic nitrogens is 1. The zero-order valence-electron chi connectivity index (χ0n) is 12.3. The van der Waals surface area contributed by atoms with Gasteiger partial charge < -0.3 is 15.5 Å². The Kier molecular flexibility index (Phi) is 5.02. The van der Waals surface area contributed by atoms with Crippen molar-refractivity contribution < 1.29 is 0 Å². The van der Waals surface area contributed by atoms with Gasteiger partial charge in [0.05, 0.1) is 0 Å². The van der Waals surface area contributed by atoms with Crippen molar-refractivity contribution in [3.8, 4) is 0 Å². The number of anilines is 2. The third kappa shape index (κ3) is 4.10. The Morgan fingerprint density at radius 2 is 2.32 bits per heavy atom. The SMILES string of the molecule is CCCNc1cc(NC2CCN(C)C(C)C2)ccn1. The summed E-state index contributed by atoms with van der Waals surface area (Å²) in [6.45, 7) is 6.61. The normalized spacial score (nSPS) is 24.2. The summed E-state index contributed by atoms with van der Waals surface area (Å²) in [4.78, 5) is 6.77. The predicted molar refractivity (Wildman–Crippen MR) is 81.8 cm³/mol. The number of pyridine rings is 1. The van der Waals surface area contributed by atoms with Gasteiger partial charge in [-0.15, -0.1) is 0 Å². The lowest BCUT2D eigenvalue weighted by molar-refractivity contribution is 0.190. The molecule has 1 aromatic rings. The number of likely N-dealkylation sites (tertiary alicyclic amines) is 1. The van der Waals surface area contributed by atoms with Crippen molar-refractivity contribution in [1.82, 2.24) is 9.88 Å². The molecule has 1 aliphatic rings. The monoisotopic (exact) mass is 262 g/mol. The highest BCUT2D eigenvalue weighted by Crippen LogP contribution is 2.20. The molecule has 2 N–H and O–H groups in total. The minimum atomic E-state index is 0.577. The molecular weight excluding hydrogens is 236 g/mol. The lowest BCUT2D eigenvalue weighted by atomic mass is 9.99. The highest BCUT2D eigenvalue weighted by molar-refractivity contribution is 5.52. The van der Waals surface area contributed by atoms with Crippen LogP contribution in [0.5, 0.6) is 0 Å². The molecule has 0 spiro atoms. The van der Waals surface area contributed by atoms with Crippen LogP contribution < -0.4 is 10.6 Å². The molecule has 19 heavy (non-hydrogen) atoms. The molecule has 2 rings (SSSR count). The summed E-state index contributed by atoms with van der Waals surface area (Å²) in [5.74, 6) is 0.966. The van der Waals surface area contributed by atoms with Crippen LogP contribution in [0.4, 0.5) is 11.5 Å². The van der Waals surface area contributed by atoms with Crippen LogP contribution >= 0.6 is 0 Å². The Hall–Kier alpha value is -1.29. The van der Waals surface area contributed by atoms with Gasteiger partial charge in [0.25, 0.3) is 0 Å². The molecule has 1 aromatic heterocycles. The summed E-state index contributed by atoms with van der Waals surface area (Å²) in [7, 11) is 2.21. The Balaban J connectivity index is 1.91. The Morgan fingerprint density at radius 3 is 3.05 bits per heavy atom. The second-order valence-corrected chi connectivity index (χ2v) is 5.55. The summed E-state index contributed by atoms with van der Waals surface area (Å²) < 4.78 is 0. The fourth-order valence-electron chi connectivity index (χ4n) is 2.53. The quantitative estimate of drug-likeness (QED) is 0.856. The third-order valence-electron chi connectivity index (χ3n) is 3.90. The van der Waals surface area contributed by atoms with Gasteiger partial charge in [-0.1, -0.05) is 6.92 Å². The maximum Gasteiger partial charge on any atom is 0.127 e. The van der Waals surface area contributed by atoms with Crippen LogP contribution in [0.3, 0.4) is 0 Å². The van der Waals surface area contributed by atoms with Gasteiger partial charge in [0.2, 0.25) is 0 Å². The Bertz CT molecular complexity index is 393. The molecule has 1 aliphatic heterocycles. The molecule has 0 bridgehead atoms. The number of nitrogens with zero attached hydrogens (tertiary/aromatic N) is 2. The van der Waals surface area contributed by atoms with Crippen LogP contribution in [0.25, 0.3) is 0 Å². The second-order valence-electron chi connectivity index (χ2n) is 5.55. The van der Waals surface area contributed by atoms with Crippen LogP contribution in [-0.4, -0.2) is 42.1 Å². The number of hydrogen-bond donors (Lipinski definition) is 2. The van der Waals surface area contributed by atoms with Crippen molar-refractivity contribution >= 4 is 11.5 Å². The van der Waals surface area contributed by atoms with Crippen LogP contribution in [0.2, 0.25) is 0 Å². The number of rotatable bonds is 5. The summed E-state index contributed by atoms with van der Waals surface area (Å²) in [5.41, 5.74) is 1.18. The average Bonchev–Trinajstić information content (AvgIpc) is 2.41. The first kappa shape index (κ1) is 14.1. The van der Waals surface area contributed by atoms with Crippen molar-refractivity contribution in [3.63, 3.8) is 0 Å². The molecule has 0 saturated carbocycles. The molecule has 1 saturated heterocycles. The van der Waals surface area contributed by atoms with Crippen LogP contribution in [0.15, 0.2) is 18.3 Å². The average molecular weight is 262 g/mol. The van der Waals surface area contributed by atoms with Crippen molar-refractivity contribution in [2.75, 3.05) is 30.8 Å². The molecular formula is C15H26N4. The third-order valence-corrected chi connectivity index (χ3v) is 3.90. The van der Waals surface area contributed by atoms with E-state index in [1.165, 1.54) is 25.1 Å². The molecule has 4 nitrogen and oxygen atoms in total. The highest BCUT2D eigenvalue weighted by atomic mass is 15.1. The van der Waals surface area contributed by atoms with Crippen molar-refractivity contribution in [2.24, 2.45) is 0 Å². The topological polar surface area (TPSA) is 40.2 Å². The fourth-order valence-corrected chi connectivity index (χ4v) is 2.53. The smallest absolute Gasteiger partial charge is 0.127 e. The lowest BCUT2D eigenvalue weighted by Crippen LogP contribution is -2.42. The molecule has 4 heteroatoms. The van der Waals surface area contributed by atoms with Crippen molar-refractivity contribution in [1.29, 1.82) is 0 Å². The van der Waals surface area contributed by atoms with E-state index >= 15 is 0 Å². The van der Waals surface area contributed by atoms with Crippen molar-refractivity contribution in [2.45, 2.75) is 45.2 Å². The fraction of sp³-hybridized carbons (Fsp3) is 0.667. The maximum absolute atomic E-state index is 4.34.